The molecule has 4 saturated carbocycles. The third-order valence-electron chi connectivity index (χ3n) is 7.72. The Morgan fingerprint density at radius 2 is 1.26 bits per heavy atom. The summed E-state index contributed by atoms with van der Waals surface area (Å²) >= 11 is 3.71. The lowest BCUT2D eigenvalue weighted by atomic mass is 9.48. The maximum absolute atomic E-state index is 3.71. The van der Waals surface area contributed by atoms with Gasteiger partial charge in [0.15, 0.2) is 0 Å². The second kappa shape index (κ2) is 5.95. The molecule has 4 bridgehead atoms. The lowest BCUT2D eigenvalue weighted by molar-refractivity contribution is -0.00518. The molecule has 0 nitrogen and oxygen atoms in total. The molecule has 0 amide bonds. The highest BCUT2D eigenvalue weighted by Gasteiger charge is 2.51. The van der Waals surface area contributed by atoms with Crippen LogP contribution in [0.3, 0.4) is 0 Å². The topological polar surface area (TPSA) is 0 Å². The minimum atomic E-state index is 0.495. The normalized spacial score (nSPS) is 31.5. The first-order valence-electron chi connectivity index (χ1n) is 10.5. The van der Waals surface area contributed by atoms with Crippen molar-refractivity contribution in [1.29, 1.82) is 0 Å². The van der Waals surface area contributed by atoms with E-state index in [2.05, 4.69) is 76.6 Å². The summed E-state index contributed by atoms with van der Waals surface area (Å²) in [6.45, 7) is 0. The van der Waals surface area contributed by atoms with Gasteiger partial charge in [-0.1, -0.05) is 70.5 Å². The van der Waals surface area contributed by atoms with E-state index in [1.54, 1.807) is 5.56 Å². The van der Waals surface area contributed by atoms with Crippen LogP contribution in [0.5, 0.6) is 0 Å². The third-order valence-corrected chi connectivity index (χ3v) is 8.41. The van der Waals surface area contributed by atoms with Crippen molar-refractivity contribution in [3.8, 4) is 11.1 Å². The van der Waals surface area contributed by atoms with Crippen molar-refractivity contribution in [3.05, 3.63) is 70.7 Å². The SMILES string of the molecule is Brc1ccc(-c2ccc(C34CC5CC(CC(C5)C3)C4)cc2)c2ccccc12. The van der Waals surface area contributed by atoms with E-state index in [0.29, 0.717) is 5.41 Å². The van der Waals surface area contributed by atoms with E-state index < -0.39 is 0 Å². The molecule has 0 saturated heterocycles. The van der Waals surface area contributed by atoms with Gasteiger partial charge in [-0.25, -0.2) is 0 Å². The molecule has 27 heavy (non-hydrogen) atoms. The van der Waals surface area contributed by atoms with Gasteiger partial charge in [-0.05, 0) is 95.2 Å². The van der Waals surface area contributed by atoms with E-state index in [1.165, 1.54) is 64.9 Å². The first-order chi connectivity index (χ1) is 13.2. The van der Waals surface area contributed by atoms with Crippen molar-refractivity contribution in [1.82, 2.24) is 0 Å². The number of halogens is 1. The fourth-order valence-corrected chi connectivity index (χ4v) is 7.46. The van der Waals surface area contributed by atoms with Crippen LogP contribution < -0.4 is 0 Å². The fraction of sp³-hybridized carbons (Fsp3) is 0.385. The van der Waals surface area contributed by atoms with Crippen molar-refractivity contribution in [3.63, 3.8) is 0 Å². The van der Waals surface area contributed by atoms with Gasteiger partial charge in [-0.3, -0.25) is 0 Å². The minimum Gasteiger partial charge on any atom is -0.0616 e. The highest BCUT2D eigenvalue weighted by molar-refractivity contribution is 9.10. The van der Waals surface area contributed by atoms with Crippen molar-refractivity contribution in [2.75, 3.05) is 0 Å². The molecule has 1 heteroatoms. The van der Waals surface area contributed by atoms with Crippen molar-refractivity contribution in [2.45, 2.75) is 43.9 Å². The Kier molecular flexibility index (Phi) is 3.60. The number of hydrogen-bond donors (Lipinski definition) is 0. The van der Waals surface area contributed by atoms with Gasteiger partial charge in [0.25, 0.3) is 0 Å². The Balaban J connectivity index is 1.40. The molecule has 0 atom stereocenters. The summed E-state index contributed by atoms with van der Waals surface area (Å²) in [5, 5.41) is 2.62. The van der Waals surface area contributed by atoms with E-state index in [0.717, 1.165) is 17.8 Å². The predicted molar refractivity (Wildman–Crippen MR) is 117 cm³/mol. The minimum absolute atomic E-state index is 0.495. The van der Waals surface area contributed by atoms with Crippen LogP contribution in [-0.2, 0) is 5.41 Å². The van der Waals surface area contributed by atoms with Crippen LogP contribution in [0.2, 0.25) is 0 Å². The van der Waals surface area contributed by atoms with Crippen LogP contribution in [0.4, 0.5) is 0 Å². The molecule has 3 aromatic rings. The summed E-state index contributed by atoms with van der Waals surface area (Å²) in [5.41, 5.74) is 4.79. The zero-order chi connectivity index (χ0) is 18.0. The molecule has 0 aromatic heterocycles. The first kappa shape index (κ1) is 16.4. The molecule has 136 valence electrons. The monoisotopic (exact) mass is 416 g/mol. The quantitative estimate of drug-likeness (QED) is 0.400. The van der Waals surface area contributed by atoms with Crippen molar-refractivity contribution < 1.29 is 0 Å². The van der Waals surface area contributed by atoms with Crippen LogP contribution in [0.15, 0.2) is 65.1 Å². The molecular weight excluding hydrogens is 392 g/mol. The van der Waals surface area contributed by atoms with Gasteiger partial charge in [0.1, 0.15) is 0 Å². The van der Waals surface area contributed by atoms with Crippen molar-refractivity contribution in [2.24, 2.45) is 17.8 Å². The Morgan fingerprint density at radius 1 is 0.667 bits per heavy atom. The maximum atomic E-state index is 3.71. The van der Waals surface area contributed by atoms with Crippen molar-refractivity contribution >= 4 is 26.7 Å². The fourth-order valence-electron chi connectivity index (χ4n) is 6.98. The van der Waals surface area contributed by atoms with E-state index in [9.17, 15) is 0 Å². The molecule has 0 heterocycles. The number of fused-ring (bicyclic) bond motifs is 1. The van der Waals surface area contributed by atoms with Gasteiger partial charge in [0, 0.05) is 4.47 Å². The second-order valence-electron chi connectivity index (χ2n) is 9.42. The van der Waals surface area contributed by atoms with E-state index >= 15 is 0 Å². The van der Waals surface area contributed by atoms with Gasteiger partial charge in [0.05, 0.1) is 0 Å². The van der Waals surface area contributed by atoms with Crippen LogP contribution in [-0.4, -0.2) is 0 Å². The summed E-state index contributed by atoms with van der Waals surface area (Å²) < 4.78 is 1.17. The summed E-state index contributed by atoms with van der Waals surface area (Å²) in [5.74, 6) is 3.02. The third kappa shape index (κ3) is 2.54. The lowest BCUT2D eigenvalue weighted by Gasteiger charge is -2.57. The average molecular weight is 417 g/mol. The van der Waals surface area contributed by atoms with Gasteiger partial charge in [-0.2, -0.15) is 0 Å². The van der Waals surface area contributed by atoms with E-state index in [-0.39, 0.29) is 0 Å². The Labute approximate surface area is 170 Å². The molecule has 3 aromatic carbocycles. The molecule has 0 spiro atoms. The second-order valence-corrected chi connectivity index (χ2v) is 10.3. The Morgan fingerprint density at radius 3 is 1.89 bits per heavy atom. The molecule has 0 aliphatic heterocycles. The smallest absolute Gasteiger partial charge is 0.0254 e. The van der Waals surface area contributed by atoms with Gasteiger partial charge in [-0.15, -0.1) is 0 Å². The summed E-state index contributed by atoms with van der Waals surface area (Å²) in [6.07, 6.45) is 8.88. The zero-order valence-corrected chi connectivity index (χ0v) is 17.2. The van der Waals surface area contributed by atoms with Crippen LogP contribution in [0.25, 0.3) is 21.9 Å². The maximum Gasteiger partial charge on any atom is 0.0254 e. The molecule has 0 unspecified atom stereocenters. The molecule has 4 aliphatic carbocycles. The molecule has 0 radical (unpaired) electrons. The summed E-state index contributed by atoms with van der Waals surface area (Å²) in [6, 6.07) is 22.8. The number of hydrogen-bond acceptors (Lipinski definition) is 0. The van der Waals surface area contributed by atoms with E-state index in [1.807, 2.05) is 0 Å². The lowest BCUT2D eigenvalue weighted by Crippen LogP contribution is -2.48. The number of rotatable bonds is 2. The Bertz CT molecular complexity index is 979. The first-order valence-corrected chi connectivity index (χ1v) is 11.3. The van der Waals surface area contributed by atoms with Crippen LogP contribution >= 0.6 is 15.9 Å². The largest absolute Gasteiger partial charge is 0.0616 e. The molecule has 4 aliphatic rings. The van der Waals surface area contributed by atoms with Gasteiger partial charge in [0.2, 0.25) is 0 Å². The zero-order valence-electron chi connectivity index (χ0n) is 15.6. The predicted octanol–water partition coefficient (Wildman–Crippen LogP) is 7.74. The summed E-state index contributed by atoms with van der Waals surface area (Å²) in [4.78, 5) is 0. The standard InChI is InChI=1S/C26H25Br/c27-25-10-9-22(23-3-1-2-4-24(23)25)20-5-7-21(8-6-20)26-14-17-11-18(15-26)13-19(12-17)16-26/h1-10,17-19H,11-16H2. The van der Waals surface area contributed by atoms with Gasteiger partial charge < -0.3 is 0 Å². The highest BCUT2D eigenvalue weighted by Crippen LogP contribution is 2.60. The molecule has 0 N–H and O–H groups in total. The Hall–Kier alpha value is -1.60. The highest BCUT2D eigenvalue weighted by atomic mass is 79.9. The molecule has 4 fully saturated rings. The average Bonchev–Trinajstić information content (AvgIpc) is 2.68. The van der Waals surface area contributed by atoms with Crippen LogP contribution in [0, 0.1) is 17.8 Å². The summed E-state index contributed by atoms with van der Waals surface area (Å²) in [7, 11) is 0. The van der Waals surface area contributed by atoms with Crippen LogP contribution in [0.1, 0.15) is 44.1 Å². The van der Waals surface area contributed by atoms with Gasteiger partial charge >= 0.3 is 0 Å². The van der Waals surface area contributed by atoms with E-state index in [4.69, 9.17) is 0 Å². The molecule has 7 rings (SSSR count). The number of benzene rings is 3. The molecular formula is C26H25Br.